The highest BCUT2D eigenvalue weighted by atomic mass is 32.1. The third-order valence-electron chi connectivity index (χ3n) is 6.73. The van der Waals surface area contributed by atoms with E-state index in [-0.39, 0.29) is 0 Å². The van der Waals surface area contributed by atoms with E-state index in [1.54, 1.807) is 55.6 Å². The van der Waals surface area contributed by atoms with Crippen LogP contribution in [0.4, 0.5) is 16.2 Å². The largest absolute Gasteiger partial charge is 0.507 e. The third kappa shape index (κ3) is 5.18. The third-order valence-corrected chi connectivity index (χ3v) is 7.14. The minimum atomic E-state index is -0.501. The van der Waals surface area contributed by atoms with Crippen LogP contribution in [0.25, 0.3) is 0 Å². The fourth-order valence-corrected chi connectivity index (χ4v) is 4.49. The molecule has 1 aliphatic rings. The summed E-state index contributed by atoms with van der Waals surface area (Å²) in [5.74, 6) is 2.52. The number of benzene rings is 3. The first-order valence-corrected chi connectivity index (χ1v) is 12.2. The van der Waals surface area contributed by atoms with E-state index in [1.165, 1.54) is 4.31 Å². The molecule has 0 radical (unpaired) electrons. The van der Waals surface area contributed by atoms with Gasteiger partial charge in [0.25, 0.3) is 0 Å². The number of rotatable bonds is 6. The van der Waals surface area contributed by atoms with Gasteiger partial charge in [0.05, 0.1) is 12.8 Å². The number of carbonyl (C=O) groups is 1. The van der Waals surface area contributed by atoms with Gasteiger partial charge in [-0.15, -0.1) is 0 Å². The molecule has 3 aromatic carbocycles. The number of nitrogens with one attached hydrogen (secondary N) is 1. The Morgan fingerprint density at radius 2 is 1.83 bits per heavy atom. The standard InChI is InChI=1S/C28H32N2O5S/c1-17-18(2)26-24(19(3)25(17)31)13-14-28(4,35-26)16-34-22-11-9-21(10-12-22)30(36)27(32)29-20-7-6-8-23(15-20)33-5/h6-12,15,31,36H,13-14,16H2,1-5H3,(H,29,32). The number of ether oxygens (including phenoxy) is 3. The Hall–Kier alpha value is -3.52. The number of thiol groups is 1. The molecule has 7 nitrogen and oxygen atoms in total. The molecule has 3 aromatic rings. The van der Waals surface area contributed by atoms with Crippen molar-refractivity contribution in [3.8, 4) is 23.0 Å². The Bertz CT molecular complexity index is 1280. The zero-order valence-electron chi connectivity index (χ0n) is 21.2. The number of urea groups is 1. The molecule has 2 N–H and O–H groups in total. The maximum absolute atomic E-state index is 12.6. The monoisotopic (exact) mass is 508 g/mol. The molecule has 1 atom stereocenters. The SMILES string of the molecule is COc1cccc(NC(=O)N(S)c2ccc(OCC3(C)CCc4c(C)c(O)c(C)c(C)c4O3)cc2)c1. The van der Waals surface area contributed by atoms with E-state index < -0.39 is 11.6 Å². The summed E-state index contributed by atoms with van der Waals surface area (Å²) in [4.78, 5) is 12.6. The lowest BCUT2D eigenvalue weighted by Gasteiger charge is -2.37. The highest BCUT2D eigenvalue weighted by Gasteiger charge is 2.35. The summed E-state index contributed by atoms with van der Waals surface area (Å²) >= 11 is 4.35. The summed E-state index contributed by atoms with van der Waals surface area (Å²) in [6.45, 7) is 8.23. The van der Waals surface area contributed by atoms with Crippen molar-refractivity contribution in [3.05, 3.63) is 70.8 Å². The molecule has 0 bridgehead atoms. The molecule has 4 rings (SSSR count). The molecule has 2 amide bonds. The number of anilines is 2. The molecule has 1 aliphatic heterocycles. The quantitative estimate of drug-likeness (QED) is 0.337. The van der Waals surface area contributed by atoms with Gasteiger partial charge >= 0.3 is 6.03 Å². The van der Waals surface area contributed by atoms with Crippen molar-refractivity contribution in [2.75, 3.05) is 23.3 Å². The summed E-state index contributed by atoms with van der Waals surface area (Å²) in [5.41, 5.74) is 4.47. The van der Waals surface area contributed by atoms with Gasteiger partial charge in [-0.2, -0.15) is 0 Å². The summed E-state index contributed by atoms with van der Waals surface area (Å²) in [7, 11) is 1.57. The van der Waals surface area contributed by atoms with Crippen molar-refractivity contribution in [2.24, 2.45) is 0 Å². The predicted molar refractivity (Wildman–Crippen MR) is 145 cm³/mol. The van der Waals surface area contributed by atoms with Crippen LogP contribution in [0.1, 0.15) is 35.6 Å². The molecular formula is C28H32N2O5S. The van der Waals surface area contributed by atoms with Crippen molar-refractivity contribution < 1.29 is 24.1 Å². The van der Waals surface area contributed by atoms with Gasteiger partial charge in [-0.25, -0.2) is 9.10 Å². The van der Waals surface area contributed by atoms with Gasteiger partial charge in [-0.1, -0.05) is 18.9 Å². The maximum Gasteiger partial charge on any atom is 0.336 e. The number of carbonyl (C=O) groups excluding carboxylic acids is 1. The Kier molecular flexibility index (Phi) is 7.26. The normalized spacial score (nSPS) is 16.5. The molecular weight excluding hydrogens is 476 g/mol. The molecule has 1 heterocycles. The van der Waals surface area contributed by atoms with Gasteiger partial charge < -0.3 is 24.6 Å². The molecule has 190 valence electrons. The van der Waals surface area contributed by atoms with Gasteiger partial charge in [0.1, 0.15) is 35.2 Å². The van der Waals surface area contributed by atoms with Crippen molar-refractivity contribution in [3.63, 3.8) is 0 Å². The Labute approximate surface area is 217 Å². The van der Waals surface area contributed by atoms with E-state index in [0.29, 0.717) is 35.2 Å². The maximum atomic E-state index is 12.6. The molecule has 36 heavy (non-hydrogen) atoms. The van der Waals surface area contributed by atoms with Gasteiger partial charge in [0.15, 0.2) is 0 Å². The zero-order valence-corrected chi connectivity index (χ0v) is 22.1. The zero-order chi connectivity index (χ0) is 26.0. The molecule has 0 saturated heterocycles. The Balaban J connectivity index is 1.38. The fraction of sp³-hybridized carbons (Fsp3) is 0.321. The second-order valence-corrected chi connectivity index (χ2v) is 9.74. The number of aromatic hydroxyl groups is 1. The van der Waals surface area contributed by atoms with E-state index in [4.69, 9.17) is 14.2 Å². The van der Waals surface area contributed by atoms with Crippen LogP contribution in [0.2, 0.25) is 0 Å². The molecule has 0 aliphatic carbocycles. The summed E-state index contributed by atoms with van der Waals surface area (Å²) in [6.07, 6.45) is 1.58. The lowest BCUT2D eigenvalue weighted by molar-refractivity contribution is 0.0166. The Morgan fingerprint density at radius 1 is 1.11 bits per heavy atom. The van der Waals surface area contributed by atoms with Gasteiger partial charge in [-0.05, 0) is 93.6 Å². The molecule has 0 spiro atoms. The lowest BCUT2D eigenvalue weighted by Crippen LogP contribution is -2.42. The first-order chi connectivity index (χ1) is 17.1. The number of phenolic OH excluding ortho intramolecular Hbond substituents is 1. The van der Waals surface area contributed by atoms with E-state index in [0.717, 1.165) is 40.8 Å². The van der Waals surface area contributed by atoms with Crippen LogP contribution in [-0.2, 0) is 6.42 Å². The minimum Gasteiger partial charge on any atom is -0.507 e. The molecule has 0 saturated carbocycles. The van der Waals surface area contributed by atoms with E-state index in [9.17, 15) is 9.90 Å². The van der Waals surface area contributed by atoms with Gasteiger partial charge in [-0.3, -0.25) is 0 Å². The number of nitrogens with zero attached hydrogens (tertiary/aromatic N) is 1. The number of amides is 2. The van der Waals surface area contributed by atoms with E-state index >= 15 is 0 Å². The number of hydrogen-bond acceptors (Lipinski definition) is 6. The van der Waals surface area contributed by atoms with Gasteiger partial charge in [0, 0.05) is 17.3 Å². The van der Waals surface area contributed by atoms with Crippen LogP contribution in [0.15, 0.2) is 48.5 Å². The first kappa shape index (κ1) is 25.6. The van der Waals surface area contributed by atoms with E-state index in [2.05, 4.69) is 18.1 Å². The Morgan fingerprint density at radius 3 is 2.53 bits per heavy atom. The highest BCUT2D eigenvalue weighted by Crippen LogP contribution is 2.43. The summed E-state index contributed by atoms with van der Waals surface area (Å²) in [6, 6.07) is 13.9. The van der Waals surface area contributed by atoms with Gasteiger partial charge in [0.2, 0.25) is 0 Å². The van der Waals surface area contributed by atoms with Crippen molar-refractivity contribution in [1.29, 1.82) is 0 Å². The molecule has 8 heteroatoms. The lowest BCUT2D eigenvalue weighted by atomic mass is 9.87. The summed E-state index contributed by atoms with van der Waals surface area (Å²) < 4.78 is 18.9. The van der Waals surface area contributed by atoms with Crippen LogP contribution in [0.3, 0.4) is 0 Å². The van der Waals surface area contributed by atoms with Crippen molar-refractivity contribution in [2.45, 2.75) is 46.1 Å². The van der Waals surface area contributed by atoms with Crippen LogP contribution in [0, 0.1) is 20.8 Å². The number of hydrogen-bond donors (Lipinski definition) is 3. The van der Waals surface area contributed by atoms with Crippen LogP contribution in [-0.4, -0.2) is 30.5 Å². The second-order valence-electron chi connectivity index (χ2n) is 9.34. The smallest absolute Gasteiger partial charge is 0.336 e. The summed E-state index contributed by atoms with van der Waals surface area (Å²) in [5, 5.41) is 13.2. The topological polar surface area (TPSA) is 80.3 Å². The average Bonchev–Trinajstić information content (AvgIpc) is 2.89. The van der Waals surface area contributed by atoms with Crippen LogP contribution < -0.4 is 23.8 Å². The minimum absolute atomic E-state index is 0.352. The molecule has 0 aromatic heterocycles. The van der Waals surface area contributed by atoms with Crippen molar-refractivity contribution >= 4 is 30.2 Å². The number of fused-ring (bicyclic) bond motifs is 1. The first-order valence-electron chi connectivity index (χ1n) is 11.8. The van der Waals surface area contributed by atoms with E-state index in [1.807, 2.05) is 27.7 Å². The number of phenols is 1. The van der Waals surface area contributed by atoms with Crippen LogP contribution >= 0.6 is 12.8 Å². The number of methoxy groups -OCH3 is 1. The second kappa shape index (κ2) is 10.2. The molecule has 0 fully saturated rings. The van der Waals surface area contributed by atoms with Crippen LogP contribution in [0.5, 0.6) is 23.0 Å². The predicted octanol–water partition coefficient (Wildman–Crippen LogP) is 6.37. The average molecular weight is 509 g/mol. The van der Waals surface area contributed by atoms with Crippen molar-refractivity contribution in [1.82, 2.24) is 0 Å². The molecule has 1 unspecified atom stereocenters. The highest BCUT2D eigenvalue weighted by molar-refractivity contribution is 7.82. The fourth-order valence-electron chi connectivity index (χ4n) is 4.31.